The standard InChI is InChI=1S/C19H27NO5/c1-4-7-14(17(21)22)20-18(23)19(10-5-6-11-19)13-8-9-15(24-2)16(12-13)25-3/h8-9,12,14H,4-7,10-11H2,1-3H3,(H,20,23)(H,21,22). The number of hydrogen-bond acceptors (Lipinski definition) is 4. The van der Waals surface area contributed by atoms with E-state index < -0.39 is 17.4 Å². The lowest BCUT2D eigenvalue weighted by Crippen LogP contribution is -2.49. The molecule has 1 saturated carbocycles. The van der Waals surface area contributed by atoms with E-state index in [-0.39, 0.29) is 5.91 Å². The van der Waals surface area contributed by atoms with Crippen molar-refractivity contribution in [1.29, 1.82) is 0 Å². The van der Waals surface area contributed by atoms with E-state index >= 15 is 0 Å². The van der Waals surface area contributed by atoms with Gasteiger partial charge >= 0.3 is 5.97 Å². The van der Waals surface area contributed by atoms with Crippen molar-refractivity contribution >= 4 is 11.9 Å². The molecule has 0 heterocycles. The molecule has 0 aliphatic heterocycles. The summed E-state index contributed by atoms with van der Waals surface area (Å²) in [7, 11) is 3.13. The Morgan fingerprint density at radius 2 is 1.84 bits per heavy atom. The number of aliphatic carboxylic acids is 1. The molecule has 6 nitrogen and oxygen atoms in total. The molecule has 1 amide bonds. The third-order valence-corrected chi connectivity index (χ3v) is 5.01. The zero-order valence-electron chi connectivity index (χ0n) is 15.1. The lowest BCUT2D eigenvalue weighted by Gasteiger charge is -2.30. The Balaban J connectivity index is 2.35. The van der Waals surface area contributed by atoms with Crippen LogP contribution in [0, 0.1) is 0 Å². The number of benzene rings is 1. The van der Waals surface area contributed by atoms with Gasteiger partial charge in [0.2, 0.25) is 5.91 Å². The highest BCUT2D eigenvalue weighted by molar-refractivity contribution is 5.92. The second kappa shape index (κ2) is 8.23. The second-order valence-electron chi connectivity index (χ2n) is 6.51. The van der Waals surface area contributed by atoms with Crippen molar-refractivity contribution < 1.29 is 24.2 Å². The van der Waals surface area contributed by atoms with Crippen LogP contribution in [0.25, 0.3) is 0 Å². The van der Waals surface area contributed by atoms with Crippen LogP contribution in [0.2, 0.25) is 0 Å². The number of carbonyl (C=O) groups is 2. The van der Waals surface area contributed by atoms with Gasteiger partial charge in [0.05, 0.1) is 19.6 Å². The molecular formula is C19H27NO5. The molecule has 1 unspecified atom stereocenters. The van der Waals surface area contributed by atoms with Gasteiger partial charge in [-0.1, -0.05) is 32.3 Å². The Hall–Kier alpha value is -2.24. The molecule has 2 N–H and O–H groups in total. The first-order valence-corrected chi connectivity index (χ1v) is 8.74. The van der Waals surface area contributed by atoms with E-state index in [0.29, 0.717) is 37.2 Å². The summed E-state index contributed by atoms with van der Waals surface area (Å²) in [6, 6.07) is 4.65. The fraction of sp³-hybridized carbons (Fsp3) is 0.579. The van der Waals surface area contributed by atoms with E-state index in [1.165, 1.54) is 0 Å². The average molecular weight is 349 g/mol. The van der Waals surface area contributed by atoms with Crippen molar-refractivity contribution in [2.24, 2.45) is 0 Å². The molecule has 1 fully saturated rings. The summed E-state index contributed by atoms with van der Waals surface area (Å²) in [6.45, 7) is 1.90. The minimum absolute atomic E-state index is 0.210. The summed E-state index contributed by atoms with van der Waals surface area (Å²) in [6.07, 6.45) is 4.39. The minimum Gasteiger partial charge on any atom is -0.493 e. The van der Waals surface area contributed by atoms with Crippen LogP contribution < -0.4 is 14.8 Å². The summed E-state index contributed by atoms with van der Waals surface area (Å²) >= 11 is 0. The van der Waals surface area contributed by atoms with Gasteiger partial charge in [0.25, 0.3) is 0 Å². The Kier molecular flexibility index (Phi) is 6.28. The fourth-order valence-electron chi connectivity index (χ4n) is 3.60. The topological polar surface area (TPSA) is 84.9 Å². The minimum atomic E-state index is -0.990. The quantitative estimate of drug-likeness (QED) is 0.754. The van der Waals surface area contributed by atoms with Gasteiger partial charge in [-0.25, -0.2) is 4.79 Å². The third-order valence-electron chi connectivity index (χ3n) is 5.01. The molecule has 0 bridgehead atoms. The first kappa shape index (κ1) is 19.1. The lowest BCUT2D eigenvalue weighted by atomic mass is 9.77. The summed E-state index contributed by atoms with van der Waals surface area (Å²) in [5.74, 6) is -0.0228. The lowest BCUT2D eigenvalue weighted by molar-refractivity contribution is -0.143. The van der Waals surface area contributed by atoms with Crippen LogP contribution in [0.15, 0.2) is 18.2 Å². The summed E-state index contributed by atoms with van der Waals surface area (Å²) in [5, 5.41) is 12.1. The van der Waals surface area contributed by atoms with Gasteiger partial charge < -0.3 is 19.9 Å². The Morgan fingerprint density at radius 3 is 2.36 bits per heavy atom. The zero-order chi connectivity index (χ0) is 18.4. The molecular weight excluding hydrogens is 322 g/mol. The van der Waals surface area contributed by atoms with E-state index in [9.17, 15) is 14.7 Å². The highest BCUT2D eigenvalue weighted by Crippen LogP contribution is 2.44. The maximum atomic E-state index is 13.1. The predicted octanol–water partition coefficient (Wildman–Crippen LogP) is 2.89. The normalized spacial score (nSPS) is 16.9. The number of amides is 1. The largest absolute Gasteiger partial charge is 0.493 e. The van der Waals surface area contributed by atoms with Crippen LogP contribution in [0.1, 0.15) is 51.0 Å². The van der Waals surface area contributed by atoms with Crippen LogP contribution in [0.5, 0.6) is 11.5 Å². The van der Waals surface area contributed by atoms with E-state index in [4.69, 9.17) is 9.47 Å². The van der Waals surface area contributed by atoms with Gasteiger partial charge in [0, 0.05) is 0 Å². The summed E-state index contributed by atoms with van der Waals surface area (Å²) in [5.41, 5.74) is 0.141. The zero-order valence-corrected chi connectivity index (χ0v) is 15.1. The average Bonchev–Trinajstić information content (AvgIpc) is 3.11. The van der Waals surface area contributed by atoms with E-state index in [2.05, 4.69) is 5.32 Å². The molecule has 1 aromatic rings. The molecule has 0 aromatic heterocycles. The van der Waals surface area contributed by atoms with Crippen LogP contribution in [0.3, 0.4) is 0 Å². The van der Waals surface area contributed by atoms with Crippen LogP contribution in [-0.4, -0.2) is 37.2 Å². The second-order valence-corrected chi connectivity index (χ2v) is 6.51. The number of carboxylic acid groups (broad SMARTS) is 1. The van der Waals surface area contributed by atoms with Gasteiger partial charge in [-0.3, -0.25) is 4.79 Å². The van der Waals surface area contributed by atoms with E-state index in [0.717, 1.165) is 18.4 Å². The Morgan fingerprint density at radius 1 is 1.20 bits per heavy atom. The van der Waals surface area contributed by atoms with Crippen LogP contribution >= 0.6 is 0 Å². The molecule has 0 radical (unpaired) electrons. The molecule has 1 atom stereocenters. The van der Waals surface area contributed by atoms with Crippen molar-refractivity contribution in [2.45, 2.75) is 56.9 Å². The molecule has 138 valence electrons. The molecule has 2 rings (SSSR count). The number of hydrogen-bond donors (Lipinski definition) is 2. The first-order valence-electron chi connectivity index (χ1n) is 8.74. The van der Waals surface area contributed by atoms with Gasteiger partial charge in [0.15, 0.2) is 11.5 Å². The maximum absolute atomic E-state index is 13.1. The Bertz CT molecular complexity index is 622. The van der Waals surface area contributed by atoms with Crippen molar-refractivity contribution in [3.05, 3.63) is 23.8 Å². The number of carboxylic acids is 1. The smallest absolute Gasteiger partial charge is 0.326 e. The number of carbonyl (C=O) groups excluding carboxylic acids is 1. The van der Waals surface area contributed by atoms with Gasteiger partial charge in [-0.05, 0) is 37.0 Å². The molecule has 1 aromatic carbocycles. The highest BCUT2D eigenvalue weighted by atomic mass is 16.5. The van der Waals surface area contributed by atoms with Crippen molar-refractivity contribution in [2.75, 3.05) is 14.2 Å². The van der Waals surface area contributed by atoms with E-state index in [1.54, 1.807) is 20.3 Å². The molecule has 0 saturated heterocycles. The number of methoxy groups -OCH3 is 2. The van der Waals surface area contributed by atoms with Crippen LogP contribution in [0.4, 0.5) is 0 Å². The summed E-state index contributed by atoms with van der Waals surface area (Å²) in [4.78, 5) is 24.5. The SMILES string of the molecule is CCCC(NC(=O)C1(c2ccc(OC)c(OC)c2)CCCC1)C(=O)O. The van der Waals surface area contributed by atoms with Crippen molar-refractivity contribution in [3.63, 3.8) is 0 Å². The third kappa shape index (κ3) is 3.89. The van der Waals surface area contributed by atoms with Gasteiger partial charge in [-0.2, -0.15) is 0 Å². The highest BCUT2D eigenvalue weighted by Gasteiger charge is 2.44. The van der Waals surface area contributed by atoms with Gasteiger partial charge in [0.1, 0.15) is 6.04 Å². The number of nitrogens with one attached hydrogen (secondary N) is 1. The molecule has 25 heavy (non-hydrogen) atoms. The predicted molar refractivity (Wildman–Crippen MR) is 94.2 cm³/mol. The molecule has 1 aliphatic rings. The first-order chi connectivity index (χ1) is 12.0. The van der Waals surface area contributed by atoms with Crippen LogP contribution in [-0.2, 0) is 15.0 Å². The van der Waals surface area contributed by atoms with Crippen molar-refractivity contribution in [3.8, 4) is 11.5 Å². The number of ether oxygens (including phenoxy) is 2. The number of rotatable bonds is 8. The molecule has 6 heteroatoms. The monoisotopic (exact) mass is 349 g/mol. The van der Waals surface area contributed by atoms with Crippen molar-refractivity contribution in [1.82, 2.24) is 5.32 Å². The molecule has 0 spiro atoms. The van der Waals surface area contributed by atoms with Gasteiger partial charge in [-0.15, -0.1) is 0 Å². The summed E-state index contributed by atoms with van der Waals surface area (Å²) < 4.78 is 10.6. The molecule has 1 aliphatic carbocycles. The van der Waals surface area contributed by atoms with E-state index in [1.807, 2.05) is 19.1 Å². The fourth-order valence-corrected chi connectivity index (χ4v) is 3.60. The Labute approximate surface area is 148 Å². The maximum Gasteiger partial charge on any atom is 0.326 e.